The Kier molecular flexibility index (Phi) is 3.87. The van der Waals surface area contributed by atoms with Gasteiger partial charge in [0.05, 0.1) is 11.4 Å². The minimum absolute atomic E-state index is 1.11. The van der Waals surface area contributed by atoms with Gasteiger partial charge in [0.1, 0.15) is 0 Å². The van der Waals surface area contributed by atoms with Crippen LogP contribution in [0.3, 0.4) is 0 Å². The van der Waals surface area contributed by atoms with Gasteiger partial charge in [0.25, 0.3) is 0 Å². The Balaban J connectivity index is 2.97. The molecule has 0 aromatic heterocycles. The van der Waals surface area contributed by atoms with Crippen LogP contribution in [0.2, 0.25) is 0 Å². The van der Waals surface area contributed by atoms with Gasteiger partial charge in [-0.1, -0.05) is 12.1 Å². The van der Waals surface area contributed by atoms with Gasteiger partial charge >= 0.3 is 0 Å². The second-order valence-electron chi connectivity index (χ2n) is 4.68. The van der Waals surface area contributed by atoms with Crippen LogP contribution in [-0.4, -0.2) is 28.2 Å². The summed E-state index contributed by atoms with van der Waals surface area (Å²) in [5.74, 6) is 0. The average Bonchev–Trinajstić information content (AvgIpc) is 2.27. The molecule has 0 aliphatic carbocycles. The lowest BCUT2D eigenvalue weighted by Gasteiger charge is -2.24. The van der Waals surface area contributed by atoms with Gasteiger partial charge < -0.3 is 9.80 Å². The van der Waals surface area contributed by atoms with Gasteiger partial charge in [0.2, 0.25) is 0 Å². The third-order valence-corrected chi connectivity index (χ3v) is 4.21. The number of anilines is 2. The summed E-state index contributed by atoms with van der Waals surface area (Å²) in [5, 5.41) is 2.50. The van der Waals surface area contributed by atoms with Gasteiger partial charge in [-0.25, -0.2) is 0 Å². The van der Waals surface area contributed by atoms with Crippen LogP contribution in [0.4, 0.5) is 11.4 Å². The highest BCUT2D eigenvalue weighted by Crippen LogP contribution is 2.42. The van der Waals surface area contributed by atoms with E-state index >= 15 is 0 Å². The molecule has 2 aromatic carbocycles. The Morgan fingerprint density at radius 2 is 1.11 bits per heavy atom. The van der Waals surface area contributed by atoms with Gasteiger partial charge in [0, 0.05) is 42.5 Å². The van der Waals surface area contributed by atoms with E-state index in [-0.39, 0.29) is 0 Å². The molecular formula is C14H16Br2N2. The van der Waals surface area contributed by atoms with Crippen LogP contribution in [0.15, 0.2) is 33.2 Å². The summed E-state index contributed by atoms with van der Waals surface area (Å²) >= 11 is 7.30. The lowest BCUT2D eigenvalue weighted by Crippen LogP contribution is -2.14. The fourth-order valence-electron chi connectivity index (χ4n) is 2.20. The number of rotatable bonds is 2. The smallest absolute Gasteiger partial charge is 0.0606 e. The zero-order chi connectivity index (χ0) is 13.4. The van der Waals surface area contributed by atoms with E-state index in [0.717, 1.165) is 8.95 Å². The van der Waals surface area contributed by atoms with Gasteiger partial charge in [-0.2, -0.15) is 0 Å². The molecule has 0 saturated carbocycles. The maximum Gasteiger partial charge on any atom is 0.0606 e. The summed E-state index contributed by atoms with van der Waals surface area (Å²) in [6.07, 6.45) is 0. The van der Waals surface area contributed by atoms with Crippen molar-refractivity contribution in [3.63, 3.8) is 0 Å². The van der Waals surface area contributed by atoms with E-state index in [1.807, 2.05) is 0 Å². The highest BCUT2D eigenvalue weighted by atomic mass is 79.9. The van der Waals surface area contributed by atoms with Crippen molar-refractivity contribution in [2.45, 2.75) is 0 Å². The number of halogens is 2. The molecule has 0 amide bonds. The molecule has 0 unspecified atom stereocenters. The average molecular weight is 372 g/mol. The monoisotopic (exact) mass is 370 g/mol. The lowest BCUT2D eigenvalue weighted by molar-refractivity contribution is 1.11. The molecule has 2 aromatic rings. The molecule has 2 nitrogen and oxygen atoms in total. The topological polar surface area (TPSA) is 6.48 Å². The first kappa shape index (κ1) is 13.7. The van der Waals surface area contributed by atoms with E-state index in [0.29, 0.717) is 0 Å². The Hall–Kier alpha value is -0.740. The van der Waals surface area contributed by atoms with E-state index in [1.165, 1.54) is 22.1 Å². The molecule has 0 bridgehead atoms. The fraction of sp³-hybridized carbons (Fsp3) is 0.286. The van der Waals surface area contributed by atoms with Crippen LogP contribution in [0.25, 0.3) is 10.8 Å². The van der Waals surface area contributed by atoms with Gasteiger partial charge in [-0.3, -0.25) is 0 Å². The third-order valence-electron chi connectivity index (χ3n) is 2.93. The van der Waals surface area contributed by atoms with Crippen molar-refractivity contribution in [3.8, 4) is 0 Å². The van der Waals surface area contributed by atoms with E-state index < -0.39 is 0 Å². The van der Waals surface area contributed by atoms with Gasteiger partial charge in [-0.15, -0.1) is 0 Å². The Morgan fingerprint density at radius 3 is 1.44 bits per heavy atom. The van der Waals surface area contributed by atoms with Crippen LogP contribution < -0.4 is 9.80 Å². The molecular weight excluding hydrogens is 356 g/mol. The van der Waals surface area contributed by atoms with Gasteiger partial charge in [0.15, 0.2) is 0 Å². The maximum atomic E-state index is 3.65. The summed E-state index contributed by atoms with van der Waals surface area (Å²) in [7, 11) is 8.28. The highest BCUT2D eigenvalue weighted by molar-refractivity contribution is 9.11. The number of nitrogens with zero attached hydrogens (tertiary/aromatic N) is 2. The number of hydrogen-bond donors (Lipinski definition) is 0. The summed E-state index contributed by atoms with van der Waals surface area (Å²) < 4.78 is 2.22. The predicted octanol–water partition coefficient (Wildman–Crippen LogP) is 4.50. The fourth-order valence-corrected chi connectivity index (χ4v) is 3.57. The molecule has 0 heterocycles. The zero-order valence-corrected chi connectivity index (χ0v) is 14.1. The van der Waals surface area contributed by atoms with Crippen LogP contribution in [0, 0.1) is 0 Å². The summed E-state index contributed by atoms with van der Waals surface area (Å²) in [6.45, 7) is 0. The molecule has 0 N–H and O–H groups in total. The quantitative estimate of drug-likeness (QED) is 0.766. The minimum Gasteiger partial charge on any atom is -0.376 e. The number of benzene rings is 2. The Morgan fingerprint density at radius 1 is 0.722 bits per heavy atom. The molecule has 0 spiro atoms. The third kappa shape index (κ3) is 2.24. The number of hydrogen-bond acceptors (Lipinski definition) is 2. The van der Waals surface area contributed by atoms with Crippen molar-refractivity contribution >= 4 is 54.0 Å². The van der Waals surface area contributed by atoms with Crippen molar-refractivity contribution in [3.05, 3.63) is 33.2 Å². The van der Waals surface area contributed by atoms with E-state index in [9.17, 15) is 0 Å². The highest BCUT2D eigenvalue weighted by Gasteiger charge is 2.15. The van der Waals surface area contributed by atoms with Crippen molar-refractivity contribution in [2.75, 3.05) is 38.0 Å². The molecule has 96 valence electrons. The van der Waals surface area contributed by atoms with Crippen LogP contribution in [-0.2, 0) is 0 Å². The van der Waals surface area contributed by atoms with Gasteiger partial charge in [-0.05, 0) is 49.4 Å². The number of fused-ring (bicyclic) bond motifs is 1. The zero-order valence-electron chi connectivity index (χ0n) is 11.0. The molecule has 0 aliphatic rings. The largest absolute Gasteiger partial charge is 0.376 e. The van der Waals surface area contributed by atoms with Crippen LogP contribution in [0.5, 0.6) is 0 Å². The van der Waals surface area contributed by atoms with Crippen LogP contribution in [0.1, 0.15) is 0 Å². The normalized spacial score (nSPS) is 10.8. The lowest BCUT2D eigenvalue weighted by atomic mass is 10.1. The minimum atomic E-state index is 1.11. The molecule has 0 radical (unpaired) electrons. The van der Waals surface area contributed by atoms with Crippen molar-refractivity contribution in [2.24, 2.45) is 0 Å². The standard InChI is InChI=1S/C14H16Br2N2/c1-17(2)13-10(15)7-5-9-6-8-11(16)14(12(9)13)18(3)4/h5-8H,1-4H3. The molecule has 2 rings (SSSR count). The molecule has 0 saturated heterocycles. The second kappa shape index (κ2) is 5.10. The van der Waals surface area contributed by atoms with E-state index in [4.69, 9.17) is 0 Å². The molecule has 0 atom stereocenters. The molecule has 4 heteroatoms. The summed E-state index contributed by atoms with van der Waals surface area (Å²) in [5.41, 5.74) is 2.41. The molecule has 0 fully saturated rings. The Labute approximate surface area is 125 Å². The predicted molar refractivity (Wildman–Crippen MR) is 88.0 cm³/mol. The SMILES string of the molecule is CN(C)c1c(Br)ccc2ccc(Br)c(N(C)C)c12. The van der Waals surface area contributed by atoms with Crippen molar-refractivity contribution in [1.82, 2.24) is 0 Å². The summed E-state index contributed by atoms with van der Waals surface area (Å²) in [4.78, 5) is 4.29. The van der Waals surface area contributed by atoms with E-state index in [2.05, 4.69) is 94.1 Å². The van der Waals surface area contributed by atoms with Crippen LogP contribution >= 0.6 is 31.9 Å². The molecule has 18 heavy (non-hydrogen) atoms. The van der Waals surface area contributed by atoms with Crippen molar-refractivity contribution < 1.29 is 0 Å². The van der Waals surface area contributed by atoms with Crippen molar-refractivity contribution in [1.29, 1.82) is 0 Å². The summed E-state index contributed by atoms with van der Waals surface area (Å²) in [6, 6.07) is 8.49. The first-order valence-corrected chi connectivity index (χ1v) is 7.27. The first-order valence-electron chi connectivity index (χ1n) is 5.69. The van der Waals surface area contributed by atoms with E-state index in [1.54, 1.807) is 0 Å². The maximum absolute atomic E-state index is 3.65. The Bertz CT molecular complexity index is 543. The first-order chi connectivity index (χ1) is 8.43. The second-order valence-corrected chi connectivity index (χ2v) is 6.39. The molecule has 0 aliphatic heterocycles.